The van der Waals surface area contributed by atoms with E-state index >= 15 is 0 Å². The minimum absolute atomic E-state index is 0. The molecule has 11 heteroatoms. The van der Waals surface area contributed by atoms with Crippen molar-refractivity contribution in [2.45, 2.75) is 36.6 Å². The van der Waals surface area contributed by atoms with Crippen LogP contribution >= 0.6 is 35.5 Å². The number of carbonyl (C=O) groups excluding carboxylic acids is 1. The van der Waals surface area contributed by atoms with Crippen LogP contribution in [-0.4, -0.2) is 67.5 Å². The lowest BCUT2D eigenvalue weighted by Gasteiger charge is -2.28. The van der Waals surface area contributed by atoms with Crippen LogP contribution in [0.5, 0.6) is 0 Å². The summed E-state index contributed by atoms with van der Waals surface area (Å²) in [6.45, 7) is 8.00. The number of thiazole rings is 1. The van der Waals surface area contributed by atoms with Crippen LogP contribution in [-0.2, 0) is 23.0 Å². The van der Waals surface area contributed by atoms with Gasteiger partial charge in [0.25, 0.3) is 5.91 Å². The first-order valence-electron chi connectivity index (χ1n) is 13.5. The van der Waals surface area contributed by atoms with Crippen LogP contribution in [0.15, 0.2) is 76.5 Å². The summed E-state index contributed by atoms with van der Waals surface area (Å²) in [5, 5.41) is 0.647. The first-order valence-corrected chi connectivity index (χ1v) is 17.0. The number of hydrogen-bond acceptors (Lipinski definition) is 7. The number of nitrogens with zero attached hydrogens (tertiary/aromatic N) is 4. The normalized spacial score (nSPS) is 13.7. The molecule has 0 bridgehead atoms. The second-order valence-corrected chi connectivity index (χ2v) is 13.5. The van der Waals surface area contributed by atoms with E-state index < -0.39 is 10.0 Å². The van der Waals surface area contributed by atoms with Crippen molar-refractivity contribution in [2.24, 2.45) is 0 Å². The van der Waals surface area contributed by atoms with Crippen molar-refractivity contribution in [1.29, 1.82) is 0 Å². The number of hydrogen-bond donors (Lipinski definition) is 0. The molecule has 0 saturated heterocycles. The van der Waals surface area contributed by atoms with Gasteiger partial charge in [0.05, 0.1) is 15.1 Å². The zero-order chi connectivity index (χ0) is 28.3. The highest BCUT2D eigenvalue weighted by atomic mass is 35.5. The molecule has 0 atom stereocenters. The number of aromatic nitrogens is 1. The number of amides is 1. The highest BCUT2D eigenvalue weighted by Crippen LogP contribution is 2.33. The fraction of sp³-hybridized carbons (Fsp3) is 0.333. The lowest BCUT2D eigenvalue weighted by Crippen LogP contribution is -2.39. The number of rotatable bonds is 10. The van der Waals surface area contributed by atoms with E-state index in [-0.39, 0.29) is 23.2 Å². The van der Waals surface area contributed by atoms with Gasteiger partial charge in [0.15, 0.2) is 5.13 Å². The molecule has 0 unspecified atom stereocenters. The van der Waals surface area contributed by atoms with Crippen molar-refractivity contribution in [3.8, 4) is 0 Å². The number of likely N-dealkylation sites (N-methyl/N-ethyl adjacent to an activating group) is 1. The van der Waals surface area contributed by atoms with Gasteiger partial charge in [-0.25, -0.2) is 13.4 Å². The molecule has 41 heavy (non-hydrogen) atoms. The molecule has 0 radical (unpaired) electrons. The first-order chi connectivity index (χ1) is 19.3. The third kappa shape index (κ3) is 6.79. The Hall–Kier alpha value is -2.47. The molecule has 1 aromatic heterocycles. The number of thioether (sulfide) groups is 1. The van der Waals surface area contributed by atoms with Crippen molar-refractivity contribution in [1.82, 2.24) is 14.2 Å². The maximum absolute atomic E-state index is 13.8. The minimum Gasteiger partial charge on any atom is -0.302 e. The lowest BCUT2D eigenvalue weighted by molar-refractivity contribution is 0.0983. The van der Waals surface area contributed by atoms with Crippen molar-refractivity contribution in [3.63, 3.8) is 0 Å². The topological polar surface area (TPSA) is 73.8 Å². The van der Waals surface area contributed by atoms with Gasteiger partial charge < -0.3 is 4.90 Å². The Kier molecular flexibility index (Phi) is 10.5. The molecule has 7 nitrogen and oxygen atoms in total. The SMILES string of the molecule is CCN(CC)CCN(C(=O)c1ccc(S(=O)(=O)N2CCc3ccccc3C2)cc1)c1nc2ccc(SC)cc2s1.Cl. The van der Waals surface area contributed by atoms with E-state index in [1.54, 1.807) is 40.9 Å². The van der Waals surface area contributed by atoms with E-state index in [1.165, 1.54) is 21.2 Å². The van der Waals surface area contributed by atoms with Gasteiger partial charge in [-0.2, -0.15) is 4.31 Å². The molecule has 5 rings (SSSR count). The molecule has 3 aromatic carbocycles. The summed E-state index contributed by atoms with van der Waals surface area (Å²) in [5.41, 5.74) is 3.53. The Bertz CT molecular complexity index is 1610. The van der Waals surface area contributed by atoms with E-state index in [4.69, 9.17) is 4.98 Å². The van der Waals surface area contributed by atoms with Gasteiger partial charge in [-0.15, -0.1) is 24.2 Å². The van der Waals surface area contributed by atoms with Crippen LogP contribution in [0.2, 0.25) is 0 Å². The first kappa shape index (κ1) is 31.5. The summed E-state index contributed by atoms with van der Waals surface area (Å²) in [7, 11) is -3.68. The number of sulfonamides is 1. The lowest BCUT2D eigenvalue weighted by atomic mass is 10.0. The second-order valence-electron chi connectivity index (χ2n) is 9.70. The van der Waals surface area contributed by atoms with Crippen LogP contribution in [0.25, 0.3) is 10.2 Å². The number of anilines is 1. The Morgan fingerprint density at radius 1 is 1.00 bits per heavy atom. The van der Waals surface area contributed by atoms with E-state index in [9.17, 15) is 13.2 Å². The standard InChI is InChI=1S/C30H34N4O3S3.ClH/c1-4-32(5-2)18-19-34(30-31-27-15-12-25(38-3)20-28(27)39-30)29(35)23-10-13-26(14-11-23)40(36,37)33-17-16-22-8-6-7-9-24(22)21-33;/h6-15,20H,4-5,16-19,21H2,1-3H3;1H. The smallest absolute Gasteiger partial charge is 0.260 e. The predicted molar refractivity (Wildman–Crippen MR) is 172 cm³/mol. The van der Waals surface area contributed by atoms with Crippen molar-refractivity contribution < 1.29 is 13.2 Å². The summed E-state index contributed by atoms with van der Waals surface area (Å²) in [5.74, 6) is -0.188. The molecule has 4 aromatic rings. The Morgan fingerprint density at radius 3 is 2.39 bits per heavy atom. The summed E-state index contributed by atoms with van der Waals surface area (Å²) in [4.78, 5) is 24.0. The van der Waals surface area contributed by atoms with E-state index in [0.29, 0.717) is 43.3 Å². The van der Waals surface area contributed by atoms with Gasteiger partial charge in [0.1, 0.15) is 0 Å². The third-order valence-electron chi connectivity index (χ3n) is 7.43. The van der Waals surface area contributed by atoms with Gasteiger partial charge in [0.2, 0.25) is 10.0 Å². The monoisotopic (exact) mass is 630 g/mol. The van der Waals surface area contributed by atoms with E-state index in [2.05, 4.69) is 30.9 Å². The molecule has 0 aliphatic carbocycles. The summed E-state index contributed by atoms with van der Waals surface area (Å²) in [6.07, 6.45) is 2.73. The zero-order valence-electron chi connectivity index (χ0n) is 23.4. The molecule has 2 heterocycles. The number of halogens is 1. The number of fused-ring (bicyclic) bond motifs is 2. The third-order valence-corrected chi connectivity index (χ3v) is 11.1. The quantitative estimate of drug-likeness (QED) is 0.195. The maximum Gasteiger partial charge on any atom is 0.260 e. The molecule has 1 amide bonds. The molecular weight excluding hydrogens is 596 g/mol. The van der Waals surface area contributed by atoms with E-state index in [0.717, 1.165) is 33.8 Å². The van der Waals surface area contributed by atoms with Gasteiger partial charge in [0, 0.05) is 36.6 Å². The van der Waals surface area contributed by atoms with Crippen molar-refractivity contribution >= 4 is 66.8 Å². The van der Waals surface area contributed by atoms with Gasteiger partial charge in [-0.1, -0.05) is 49.4 Å². The Morgan fingerprint density at radius 2 is 1.71 bits per heavy atom. The predicted octanol–water partition coefficient (Wildman–Crippen LogP) is 6.18. The molecule has 1 aliphatic rings. The van der Waals surface area contributed by atoms with E-state index in [1.807, 2.05) is 36.6 Å². The zero-order valence-corrected chi connectivity index (χ0v) is 26.7. The average molecular weight is 631 g/mol. The Balaban J connectivity index is 0.00000387. The second kappa shape index (κ2) is 13.7. The highest BCUT2D eigenvalue weighted by Gasteiger charge is 2.29. The van der Waals surface area contributed by atoms with Crippen LogP contribution < -0.4 is 4.90 Å². The van der Waals surface area contributed by atoms with Gasteiger partial charge in [-0.3, -0.25) is 9.69 Å². The van der Waals surface area contributed by atoms with Gasteiger partial charge in [-0.05, 0) is 79.4 Å². The molecule has 0 N–H and O–H groups in total. The average Bonchev–Trinajstić information content (AvgIpc) is 3.42. The maximum atomic E-state index is 13.8. The van der Waals surface area contributed by atoms with Gasteiger partial charge >= 0.3 is 0 Å². The van der Waals surface area contributed by atoms with Crippen LogP contribution in [0, 0.1) is 0 Å². The summed E-state index contributed by atoms with van der Waals surface area (Å²) in [6, 6.07) is 20.4. The van der Waals surface area contributed by atoms with Crippen LogP contribution in [0.4, 0.5) is 5.13 Å². The van der Waals surface area contributed by atoms with Crippen LogP contribution in [0.1, 0.15) is 35.3 Å². The molecule has 218 valence electrons. The minimum atomic E-state index is -3.68. The Labute approximate surface area is 257 Å². The highest BCUT2D eigenvalue weighted by molar-refractivity contribution is 7.98. The molecule has 0 spiro atoms. The van der Waals surface area contributed by atoms with Crippen LogP contribution in [0.3, 0.4) is 0 Å². The fourth-order valence-electron chi connectivity index (χ4n) is 4.95. The summed E-state index contributed by atoms with van der Waals surface area (Å²) >= 11 is 3.18. The number of carbonyl (C=O) groups is 1. The van der Waals surface area contributed by atoms with Crippen molar-refractivity contribution in [2.75, 3.05) is 43.9 Å². The molecule has 0 fully saturated rings. The largest absolute Gasteiger partial charge is 0.302 e. The summed E-state index contributed by atoms with van der Waals surface area (Å²) < 4.78 is 29.4. The molecule has 0 saturated carbocycles. The fourth-order valence-corrected chi connectivity index (χ4v) is 7.91. The molecular formula is C30H35ClN4O3S3. The van der Waals surface area contributed by atoms with Crippen molar-refractivity contribution in [3.05, 3.63) is 83.4 Å². The molecule has 1 aliphatic heterocycles. The number of benzene rings is 3.